The van der Waals surface area contributed by atoms with E-state index in [1.54, 1.807) is 17.0 Å². The normalized spacial score (nSPS) is 12.2. The third-order valence-electron chi connectivity index (χ3n) is 4.30. The Bertz CT molecular complexity index is 1020. The average Bonchev–Trinajstić information content (AvgIpc) is 3.11. The van der Waals surface area contributed by atoms with Crippen LogP contribution in [0.3, 0.4) is 0 Å². The minimum Gasteiger partial charge on any atom is -0.369 e. The molecule has 0 saturated heterocycles. The van der Waals surface area contributed by atoms with E-state index >= 15 is 0 Å². The molecule has 0 spiro atoms. The molecule has 0 saturated carbocycles. The summed E-state index contributed by atoms with van der Waals surface area (Å²) in [6.07, 6.45) is 8.96. The van der Waals surface area contributed by atoms with E-state index < -0.39 is 0 Å². The molecule has 1 atom stereocenters. The zero-order valence-corrected chi connectivity index (χ0v) is 14.7. The van der Waals surface area contributed by atoms with E-state index in [0.29, 0.717) is 0 Å². The zero-order valence-electron chi connectivity index (χ0n) is 14.7. The van der Waals surface area contributed by atoms with Gasteiger partial charge in [0.05, 0.1) is 11.9 Å². The van der Waals surface area contributed by atoms with Crippen LogP contribution in [0.4, 0.5) is 5.82 Å². The van der Waals surface area contributed by atoms with Crippen LogP contribution in [0.5, 0.6) is 0 Å². The zero-order chi connectivity index (χ0) is 17.9. The van der Waals surface area contributed by atoms with Crippen LogP contribution in [-0.4, -0.2) is 36.1 Å². The van der Waals surface area contributed by atoms with Crippen molar-refractivity contribution in [3.8, 4) is 11.3 Å². The number of hydrogen-bond donors (Lipinski definition) is 1. The van der Waals surface area contributed by atoms with E-state index in [4.69, 9.17) is 0 Å². The van der Waals surface area contributed by atoms with E-state index in [-0.39, 0.29) is 5.92 Å². The number of nitrogens with one attached hydrogen (secondary N) is 1. The third kappa shape index (κ3) is 3.23. The van der Waals surface area contributed by atoms with Crippen LogP contribution in [0, 0.1) is 6.92 Å². The summed E-state index contributed by atoms with van der Waals surface area (Å²) in [6.45, 7) is 4.83. The lowest BCUT2D eigenvalue weighted by molar-refractivity contribution is 0.805. The Balaban J connectivity index is 1.49. The van der Waals surface area contributed by atoms with Crippen molar-refractivity contribution in [3.05, 3.63) is 66.6 Å². The monoisotopic (exact) mass is 345 g/mol. The van der Waals surface area contributed by atoms with Gasteiger partial charge in [0.1, 0.15) is 12.1 Å². The molecule has 130 valence electrons. The summed E-state index contributed by atoms with van der Waals surface area (Å²) in [5.41, 5.74) is 4.80. The van der Waals surface area contributed by atoms with Gasteiger partial charge in [0.2, 0.25) is 0 Å². The Kier molecular flexibility index (Phi) is 4.27. The van der Waals surface area contributed by atoms with Crippen molar-refractivity contribution in [3.63, 3.8) is 0 Å². The third-order valence-corrected chi connectivity index (χ3v) is 4.30. The number of pyridine rings is 1. The van der Waals surface area contributed by atoms with Gasteiger partial charge < -0.3 is 5.32 Å². The van der Waals surface area contributed by atoms with Crippen molar-refractivity contribution in [2.24, 2.45) is 0 Å². The summed E-state index contributed by atoms with van der Waals surface area (Å²) < 4.78 is 1.79. The van der Waals surface area contributed by atoms with Gasteiger partial charge in [-0.3, -0.25) is 4.98 Å². The molecule has 4 aromatic heterocycles. The summed E-state index contributed by atoms with van der Waals surface area (Å²) in [6, 6.07) is 7.80. The highest BCUT2D eigenvalue weighted by Crippen LogP contribution is 2.21. The second-order valence-electron chi connectivity index (χ2n) is 6.25. The second kappa shape index (κ2) is 6.87. The molecule has 0 aliphatic carbocycles. The van der Waals surface area contributed by atoms with Gasteiger partial charge in [0, 0.05) is 53.9 Å². The van der Waals surface area contributed by atoms with Crippen molar-refractivity contribution in [2.45, 2.75) is 19.8 Å². The maximum absolute atomic E-state index is 4.42. The largest absolute Gasteiger partial charge is 0.369 e. The molecule has 7 heteroatoms. The van der Waals surface area contributed by atoms with Crippen LogP contribution in [-0.2, 0) is 0 Å². The predicted molar refractivity (Wildman–Crippen MR) is 99.9 cm³/mol. The lowest BCUT2D eigenvalue weighted by Crippen LogP contribution is -2.11. The Hall–Kier alpha value is -3.35. The molecular weight excluding hydrogens is 326 g/mol. The molecule has 0 fully saturated rings. The van der Waals surface area contributed by atoms with Gasteiger partial charge in [0.15, 0.2) is 5.65 Å². The van der Waals surface area contributed by atoms with Gasteiger partial charge in [-0.2, -0.15) is 5.10 Å². The van der Waals surface area contributed by atoms with Gasteiger partial charge >= 0.3 is 0 Å². The highest BCUT2D eigenvalue weighted by Gasteiger charge is 2.13. The number of aromatic nitrogens is 6. The standard InChI is InChI=1S/C19H19N7/c1-13(16-11-25-26-7-3-6-20-19(16)26)9-22-18-8-17(23-12-24-18)15-5-4-14(2)21-10-15/h3-8,10-13H,9H2,1-2H3,(H,22,23,24). The Morgan fingerprint density at radius 3 is 2.88 bits per heavy atom. The van der Waals surface area contributed by atoms with Crippen molar-refractivity contribution < 1.29 is 0 Å². The van der Waals surface area contributed by atoms with E-state index in [1.807, 2.05) is 49.8 Å². The molecule has 1 unspecified atom stereocenters. The van der Waals surface area contributed by atoms with E-state index in [9.17, 15) is 0 Å². The summed E-state index contributed by atoms with van der Waals surface area (Å²) in [5.74, 6) is 1.02. The van der Waals surface area contributed by atoms with Gasteiger partial charge in [0.25, 0.3) is 0 Å². The molecule has 0 amide bonds. The topological polar surface area (TPSA) is 80.9 Å². The van der Waals surface area contributed by atoms with Crippen molar-refractivity contribution in [1.29, 1.82) is 0 Å². The van der Waals surface area contributed by atoms with Crippen LogP contribution in [0.1, 0.15) is 24.1 Å². The van der Waals surface area contributed by atoms with Gasteiger partial charge in [-0.25, -0.2) is 19.5 Å². The quantitative estimate of drug-likeness (QED) is 0.598. The molecule has 7 nitrogen and oxygen atoms in total. The van der Waals surface area contributed by atoms with Crippen LogP contribution < -0.4 is 5.32 Å². The van der Waals surface area contributed by atoms with E-state index in [2.05, 4.69) is 37.3 Å². The lowest BCUT2D eigenvalue weighted by atomic mass is 10.0. The SMILES string of the molecule is Cc1ccc(-c2cc(NCC(C)c3cnn4cccnc34)ncn2)cn1. The smallest absolute Gasteiger partial charge is 0.158 e. The van der Waals surface area contributed by atoms with E-state index in [0.717, 1.165) is 40.5 Å². The maximum Gasteiger partial charge on any atom is 0.158 e. The van der Waals surface area contributed by atoms with Gasteiger partial charge in [-0.1, -0.05) is 6.92 Å². The first-order valence-corrected chi connectivity index (χ1v) is 8.48. The maximum atomic E-state index is 4.42. The molecule has 26 heavy (non-hydrogen) atoms. The highest BCUT2D eigenvalue weighted by molar-refractivity contribution is 5.61. The molecule has 4 aromatic rings. The number of aryl methyl sites for hydroxylation is 1. The van der Waals surface area contributed by atoms with Gasteiger partial charge in [-0.05, 0) is 25.1 Å². The van der Waals surface area contributed by atoms with Crippen LogP contribution in [0.25, 0.3) is 16.9 Å². The number of hydrogen-bond acceptors (Lipinski definition) is 6. The average molecular weight is 345 g/mol. The first-order chi connectivity index (χ1) is 12.7. The fourth-order valence-electron chi connectivity index (χ4n) is 2.79. The number of nitrogens with zero attached hydrogens (tertiary/aromatic N) is 6. The Labute approximate surface area is 151 Å². The Morgan fingerprint density at radius 2 is 2.04 bits per heavy atom. The fraction of sp³-hybridized carbons (Fsp3) is 0.211. The van der Waals surface area contributed by atoms with Crippen LogP contribution >= 0.6 is 0 Å². The minimum absolute atomic E-state index is 0.238. The summed E-state index contributed by atoms with van der Waals surface area (Å²) in [4.78, 5) is 17.4. The highest BCUT2D eigenvalue weighted by atomic mass is 15.2. The fourth-order valence-corrected chi connectivity index (χ4v) is 2.79. The second-order valence-corrected chi connectivity index (χ2v) is 6.25. The number of fused-ring (bicyclic) bond motifs is 1. The van der Waals surface area contributed by atoms with Crippen molar-refractivity contribution >= 4 is 11.5 Å². The van der Waals surface area contributed by atoms with Crippen molar-refractivity contribution in [1.82, 2.24) is 29.5 Å². The summed E-state index contributed by atoms with van der Waals surface area (Å²) in [5, 5.41) is 7.73. The molecule has 0 bridgehead atoms. The minimum atomic E-state index is 0.238. The molecule has 1 N–H and O–H groups in total. The molecule has 0 radical (unpaired) electrons. The predicted octanol–water partition coefficient (Wildman–Crippen LogP) is 3.11. The molecule has 0 aliphatic rings. The van der Waals surface area contributed by atoms with Gasteiger partial charge in [-0.15, -0.1) is 0 Å². The summed E-state index contributed by atoms with van der Waals surface area (Å²) in [7, 11) is 0. The summed E-state index contributed by atoms with van der Waals surface area (Å²) >= 11 is 0. The lowest BCUT2D eigenvalue weighted by Gasteiger charge is -2.12. The molecule has 0 aliphatic heterocycles. The van der Waals surface area contributed by atoms with E-state index in [1.165, 1.54) is 0 Å². The molecule has 0 aromatic carbocycles. The Morgan fingerprint density at radius 1 is 1.12 bits per heavy atom. The molecular formula is C19H19N7. The molecule has 4 rings (SSSR count). The van der Waals surface area contributed by atoms with Crippen LogP contribution in [0.2, 0.25) is 0 Å². The molecule has 4 heterocycles. The van der Waals surface area contributed by atoms with Crippen molar-refractivity contribution in [2.75, 3.05) is 11.9 Å². The number of rotatable bonds is 5. The van der Waals surface area contributed by atoms with Crippen LogP contribution in [0.15, 0.2) is 55.4 Å². The first kappa shape index (κ1) is 16.1. The first-order valence-electron chi connectivity index (χ1n) is 8.48. The number of anilines is 1.